The van der Waals surface area contributed by atoms with Crippen LogP contribution in [0.25, 0.3) is 11.3 Å². The lowest BCUT2D eigenvalue weighted by Crippen LogP contribution is -2.28. The van der Waals surface area contributed by atoms with Gasteiger partial charge >= 0.3 is 6.18 Å². The van der Waals surface area contributed by atoms with Crippen LogP contribution in [0.4, 0.5) is 24.0 Å². The summed E-state index contributed by atoms with van der Waals surface area (Å²) in [4.78, 5) is 12.6. The molecular weight excluding hydrogens is 449 g/mol. The van der Waals surface area contributed by atoms with Crippen molar-refractivity contribution in [3.05, 3.63) is 53.7 Å². The molecular formula is C24H29F3N4OS. The molecule has 0 aliphatic carbocycles. The molecule has 2 heterocycles. The van der Waals surface area contributed by atoms with E-state index < -0.39 is 11.7 Å². The van der Waals surface area contributed by atoms with Crippen LogP contribution < -0.4 is 9.64 Å². The predicted octanol–water partition coefficient (Wildman–Crippen LogP) is 6.49. The number of unbranched alkanes of at least 4 members (excludes halogenated alkanes) is 2. The lowest BCUT2D eigenvalue weighted by atomic mass is 10.1. The number of aromatic nitrogens is 2. The minimum absolute atomic E-state index is 0.134. The van der Waals surface area contributed by atoms with Gasteiger partial charge in [-0.05, 0) is 50.8 Å². The average molecular weight is 479 g/mol. The highest BCUT2D eigenvalue weighted by molar-refractivity contribution is 7.14. The van der Waals surface area contributed by atoms with Crippen LogP contribution >= 0.6 is 11.3 Å². The van der Waals surface area contributed by atoms with Crippen LogP contribution in [0.15, 0.2) is 48.1 Å². The lowest BCUT2D eigenvalue weighted by Gasteiger charge is -2.25. The number of pyridine rings is 1. The van der Waals surface area contributed by atoms with E-state index in [0.29, 0.717) is 23.9 Å². The van der Waals surface area contributed by atoms with Crippen molar-refractivity contribution >= 4 is 22.2 Å². The van der Waals surface area contributed by atoms with Gasteiger partial charge < -0.3 is 14.5 Å². The number of nitrogens with zero attached hydrogens (tertiary/aromatic N) is 4. The van der Waals surface area contributed by atoms with Gasteiger partial charge in [0.05, 0.1) is 17.9 Å². The molecule has 1 aromatic carbocycles. The van der Waals surface area contributed by atoms with Crippen molar-refractivity contribution in [2.24, 2.45) is 0 Å². The second-order valence-electron chi connectivity index (χ2n) is 7.95. The predicted molar refractivity (Wildman–Crippen MR) is 127 cm³/mol. The third kappa shape index (κ3) is 6.91. The molecule has 33 heavy (non-hydrogen) atoms. The van der Waals surface area contributed by atoms with Gasteiger partial charge in [-0.15, -0.1) is 11.3 Å². The number of halogens is 3. The topological polar surface area (TPSA) is 41.5 Å². The summed E-state index contributed by atoms with van der Waals surface area (Å²) in [6.07, 6.45) is 1.50. The average Bonchev–Trinajstić information content (AvgIpc) is 3.27. The molecule has 0 N–H and O–H groups in total. The van der Waals surface area contributed by atoms with Gasteiger partial charge in [-0.2, -0.15) is 13.2 Å². The minimum atomic E-state index is -4.52. The quantitative estimate of drug-likeness (QED) is 0.295. The van der Waals surface area contributed by atoms with Gasteiger partial charge in [0.15, 0.2) is 5.13 Å². The normalized spacial score (nSPS) is 11.7. The first kappa shape index (κ1) is 25.0. The molecule has 0 bridgehead atoms. The summed E-state index contributed by atoms with van der Waals surface area (Å²) < 4.78 is 47.1. The van der Waals surface area contributed by atoms with Gasteiger partial charge in [-0.3, -0.25) is 4.98 Å². The molecule has 0 amide bonds. The summed E-state index contributed by atoms with van der Waals surface area (Å²) in [6.45, 7) is 3.44. The highest BCUT2D eigenvalue weighted by Crippen LogP contribution is 2.40. The molecule has 9 heteroatoms. The van der Waals surface area contributed by atoms with Crippen molar-refractivity contribution in [3.63, 3.8) is 0 Å². The van der Waals surface area contributed by atoms with Gasteiger partial charge in [0.1, 0.15) is 5.75 Å². The second-order valence-corrected chi connectivity index (χ2v) is 8.78. The molecule has 0 atom stereocenters. The first-order chi connectivity index (χ1) is 15.8. The fourth-order valence-corrected chi connectivity index (χ4v) is 4.12. The van der Waals surface area contributed by atoms with Crippen LogP contribution in [-0.2, 0) is 6.18 Å². The maximum absolute atomic E-state index is 13.9. The number of alkyl halides is 3. The number of benzene rings is 1. The van der Waals surface area contributed by atoms with Gasteiger partial charge in [0.25, 0.3) is 0 Å². The Labute approximate surface area is 196 Å². The molecule has 2 aromatic heterocycles. The number of thiazole rings is 1. The number of ether oxygens (including phenoxy) is 1. The van der Waals surface area contributed by atoms with E-state index in [2.05, 4.69) is 4.98 Å². The zero-order valence-electron chi connectivity index (χ0n) is 19.1. The Morgan fingerprint density at radius 1 is 1.09 bits per heavy atom. The second kappa shape index (κ2) is 11.5. The van der Waals surface area contributed by atoms with Crippen LogP contribution in [0.3, 0.4) is 0 Å². The molecule has 0 aliphatic heterocycles. The van der Waals surface area contributed by atoms with Crippen molar-refractivity contribution in [2.75, 3.05) is 38.7 Å². The molecule has 0 unspecified atom stereocenters. The summed E-state index contributed by atoms with van der Waals surface area (Å²) in [5.74, 6) is -0.134. The first-order valence-corrected chi connectivity index (χ1v) is 11.8. The van der Waals surface area contributed by atoms with Crippen molar-refractivity contribution in [1.82, 2.24) is 14.9 Å². The lowest BCUT2D eigenvalue weighted by molar-refractivity contribution is -0.138. The Hall–Kier alpha value is -2.65. The van der Waals surface area contributed by atoms with Crippen molar-refractivity contribution in [1.29, 1.82) is 0 Å². The van der Waals surface area contributed by atoms with Crippen LogP contribution in [0.5, 0.6) is 5.75 Å². The zero-order chi connectivity index (χ0) is 23.8. The Kier molecular flexibility index (Phi) is 8.68. The third-order valence-electron chi connectivity index (χ3n) is 5.04. The molecule has 0 saturated heterocycles. The minimum Gasteiger partial charge on any atom is -0.493 e. The molecule has 5 nitrogen and oxygen atoms in total. The number of likely N-dealkylation sites (N-methyl/N-ethyl adjacent to an activating group) is 1. The monoisotopic (exact) mass is 478 g/mol. The fourth-order valence-electron chi connectivity index (χ4n) is 3.24. The van der Waals surface area contributed by atoms with Gasteiger partial charge in [-0.25, -0.2) is 4.98 Å². The SMILES string of the molecule is CCCCCOc1ccc(N(CCN(C)C)c2nc(-c3cccnc3)cs2)cc1C(F)(F)F. The van der Waals surface area contributed by atoms with Crippen molar-refractivity contribution in [2.45, 2.75) is 32.4 Å². The number of hydrogen-bond donors (Lipinski definition) is 0. The van der Waals surface area contributed by atoms with E-state index >= 15 is 0 Å². The fraction of sp³-hybridized carbons (Fsp3) is 0.417. The summed E-state index contributed by atoms with van der Waals surface area (Å²) in [5, 5.41) is 2.52. The number of anilines is 2. The van der Waals surface area contributed by atoms with E-state index in [9.17, 15) is 13.2 Å². The maximum Gasteiger partial charge on any atom is 0.420 e. The highest BCUT2D eigenvalue weighted by atomic mass is 32.1. The van der Waals surface area contributed by atoms with Crippen molar-refractivity contribution < 1.29 is 17.9 Å². The molecule has 0 fully saturated rings. The van der Waals surface area contributed by atoms with Gasteiger partial charge in [-0.1, -0.05) is 19.8 Å². The third-order valence-corrected chi connectivity index (χ3v) is 5.90. The summed E-state index contributed by atoms with van der Waals surface area (Å²) in [7, 11) is 3.85. The summed E-state index contributed by atoms with van der Waals surface area (Å²) >= 11 is 1.39. The van der Waals surface area contributed by atoms with E-state index in [1.807, 2.05) is 48.3 Å². The van der Waals surface area contributed by atoms with Crippen LogP contribution in [-0.4, -0.2) is 48.7 Å². The first-order valence-electron chi connectivity index (χ1n) is 10.9. The molecule has 0 radical (unpaired) electrons. The van der Waals surface area contributed by atoms with Gasteiger partial charge in [0, 0.05) is 42.1 Å². The zero-order valence-corrected chi connectivity index (χ0v) is 19.9. The molecule has 178 valence electrons. The largest absolute Gasteiger partial charge is 0.493 e. The Morgan fingerprint density at radius 3 is 2.58 bits per heavy atom. The standard InChI is InChI=1S/C24H29F3N4OS/c1-4-5-6-14-32-22-10-9-19(15-20(22)24(25,26)27)31(13-12-30(2)3)23-29-21(17-33-23)18-8-7-11-28-16-18/h7-11,15-17H,4-6,12-14H2,1-3H3. The number of hydrogen-bond acceptors (Lipinski definition) is 6. The molecule has 3 aromatic rings. The van der Waals surface area contributed by atoms with E-state index in [-0.39, 0.29) is 12.4 Å². The van der Waals surface area contributed by atoms with E-state index in [4.69, 9.17) is 9.72 Å². The Morgan fingerprint density at radius 2 is 1.91 bits per heavy atom. The van der Waals surface area contributed by atoms with Crippen LogP contribution in [0, 0.1) is 0 Å². The summed E-state index contributed by atoms with van der Waals surface area (Å²) in [5.41, 5.74) is 1.26. The summed E-state index contributed by atoms with van der Waals surface area (Å²) in [6, 6.07) is 7.99. The van der Waals surface area contributed by atoms with E-state index in [0.717, 1.165) is 36.6 Å². The molecule has 0 aliphatic rings. The Bertz CT molecular complexity index is 1010. The van der Waals surface area contributed by atoms with E-state index in [1.165, 1.54) is 17.4 Å². The van der Waals surface area contributed by atoms with E-state index in [1.54, 1.807) is 18.5 Å². The van der Waals surface area contributed by atoms with Crippen LogP contribution in [0.2, 0.25) is 0 Å². The number of rotatable bonds is 11. The molecule has 3 rings (SSSR count). The molecule has 0 spiro atoms. The molecule has 0 saturated carbocycles. The van der Waals surface area contributed by atoms with Crippen molar-refractivity contribution in [3.8, 4) is 17.0 Å². The van der Waals surface area contributed by atoms with Gasteiger partial charge in [0.2, 0.25) is 0 Å². The van der Waals surface area contributed by atoms with Crippen LogP contribution in [0.1, 0.15) is 31.7 Å². The maximum atomic E-state index is 13.9. The Balaban J connectivity index is 1.94. The highest BCUT2D eigenvalue weighted by Gasteiger charge is 2.35. The smallest absolute Gasteiger partial charge is 0.420 e.